The summed E-state index contributed by atoms with van der Waals surface area (Å²) in [5, 5.41) is 3.16. The van der Waals surface area contributed by atoms with Crippen LogP contribution in [0.3, 0.4) is 0 Å². The number of fused-ring (bicyclic) bond motifs is 2. The second-order valence-corrected chi connectivity index (χ2v) is 10.9. The van der Waals surface area contributed by atoms with E-state index in [1.807, 2.05) is 30.3 Å². The molecule has 0 bridgehead atoms. The van der Waals surface area contributed by atoms with Crippen molar-refractivity contribution in [1.29, 1.82) is 0 Å². The number of sulfonamides is 1. The lowest BCUT2D eigenvalue weighted by molar-refractivity contribution is -0.117. The molecule has 176 valence electrons. The third-order valence-electron chi connectivity index (χ3n) is 6.81. The van der Waals surface area contributed by atoms with Crippen LogP contribution in [0.1, 0.15) is 40.7 Å². The zero-order chi connectivity index (χ0) is 23.7. The molecule has 4 N–H and O–H groups in total. The van der Waals surface area contributed by atoms with E-state index >= 15 is 0 Å². The third kappa shape index (κ3) is 4.58. The molecule has 0 radical (unpaired) electrons. The number of aryl methyl sites for hydroxylation is 2. The second kappa shape index (κ2) is 9.24. The Labute approximate surface area is 200 Å². The van der Waals surface area contributed by atoms with Crippen molar-refractivity contribution in [2.45, 2.75) is 55.9 Å². The highest BCUT2D eigenvalue weighted by Gasteiger charge is 2.30. The first kappa shape index (κ1) is 22.6. The summed E-state index contributed by atoms with van der Waals surface area (Å²) in [7, 11) is -3.92. The van der Waals surface area contributed by atoms with Gasteiger partial charge in [-0.2, -0.15) is 4.72 Å². The summed E-state index contributed by atoms with van der Waals surface area (Å²) < 4.78 is 28.9. The first-order valence-electron chi connectivity index (χ1n) is 11.8. The van der Waals surface area contributed by atoms with Gasteiger partial charge in [-0.25, -0.2) is 8.42 Å². The zero-order valence-corrected chi connectivity index (χ0v) is 19.8. The molecule has 34 heavy (non-hydrogen) atoms. The Balaban J connectivity index is 1.46. The molecule has 7 heteroatoms. The highest BCUT2D eigenvalue weighted by molar-refractivity contribution is 7.89. The number of rotatable bonds is 7. The summed E-state index contributed by atoms with van der Waals surface area (Å²) in [4.78, 5) is 13.7. The van der Waals surface area contributed by atoms with E-state index in [2.05, 4.69) is 16.1 Å². The van der Waals surface area contributed by atoms with Crippen LogP contribution in [-0.2, 0) is 46.9 Å². The van der Waals surface area contributed by atoms with Crippen molar-refractivity contribution in [3.05, 3.63) is 88.5 Å². The predicted octanol–water partition coefficient (Wildman–Crippen LogP) is 3.77. The molecule has 1 atom stereocenters. The first-order chi connectivity index (χ1) is 16.4. The maximum Gasteiger partial charge on any atom is 0.242 e. The smallest absolute Gasteiger partial charge is 0.242 e. The van der Waals surface area contributed by atoms with Crippen molar-refractivity contribution < 1.29 is 13.2 Å². The third-order valence-corrected chi connectivity index (χ3v) is 8.30. The summed E-state index contributed by atoms with van der Waals surface area (Å²) in [5.41, 5.74) is 13.1. The monoisotopic (exact) mass is 475 g/mol. The molecule has 0 saturated carbocycles. The Morgan fingerprint density at radius 1 is 0.882 bits per heavy atom. The van der Waals surface area contributed by atoms with Gasteiger partial charge in [-0.05, 0) is 97.0 Å². The molecule has 3 aromatic carbocycles. The number of nitrogen functional groups attached to an aromatic ring is 1. The maximum atomic E-state index is 13.6. The number of carbonyl (C=O) groups excluding carboxylic acids is 1. The number of amides is 1. The average Bonchev–Trinajstić information content (AvgIpc) is 3.49. The molecule has 2 aliphatic carbocycles. The number of carbonyl (C=O) groups is 1. The molecule has 5 rings (SSSR count). The van der Waals surface area contributed by atoms with Crippen LogP contribution in [0.15, 0.2) is 65.6 Å². The molecular weight excluding hydrogens is 446 g/mol. The second-order valence-electron chi connectivity index (χ2n) is 9.16. The molecule has 3 aromatic rings. The molecule has 1 amide bonds. The number of nitrogens with one attached hydrogen (secondary N) is 2. The summed E-state index contributed by atoms with van der Waals surface area (Å²) in [6, 6.07) is 16.8. The Morgan fingerprint density at radius 3 is 2.12 bits per heavy atom. The van der Waals surface area contributed by atoms with Gasteiger partial charge in [0.25, 0.3) is 0 Å². The summed E-state index contributed by atoms with van der Waals surface area (Å²) >= 11 is 0. The number of hydrogen-bond acceptors (Lipinski definition) is 4. The molecule has 0 spiro atoms. The van der Waals surface area contributed by atoms with Crippen LogP contribution in [0.5, 0.6) is 0 Å². The van der Waals surface area contributed by atoms with Crippen molar-refractivity contribution in [3.8, 4) is 0 Å². The van der Waals surface area contributed by atoms with Gasteiger partial charge in [0.05, 0.1) is 4.90 Å². The number of anilines is 2. The van der Waals surface area contributed by atoms with Gasteiger partial charge in [0, 0.05) is 11.4 Å². The molecule has 0 fully saturated rings. The number of hydrogen-bond donors (Lipinski definition) is 3. The van der Waals surface area contributed by atoms with Crippen molar-refractivity contribution in [3.63, 3.8) is 0 Å². The van der Waals surface area contributed by atoms with E-state index in [-0.39, 0.29) is 17.2 Å². The Hall–Kier alpha value is -3.16. The highest BCUT2D eigenvalue weighted by atomic mass is 32.2. The molecular formula is C27H29N3O3S. The standard InChI is InChI=1S/C27H29N3O3S/c28-21-12-14-22(15-13-21)34(32,33)30-25(16-18-6-2-1-3-7-18)27(31)29-26-23-10-4-8-19(23)17-20-9-5-11-24(20)26/h1-3,6-7,12-15,17,25,30H,4-5,8-11,16,28H2,(H,29,31). The van der Waals surface area contributed by atoms with E-state index in [0.717, 1.165) is 49.8 Å². The molecule has 6 nitrogen and oxygen atoms in total. The Kier molecular flexibility index (Phi) is 6.15. The van der Waals surface area contributed by atoms with Crippen molar-refractivity contribution >= 4 is 27.3 Å². The number of nitrogens with two attached hydrogens (primary N) is 1. The van der Waals surface area contributed by atoms with E-state index in [0.29, 0.717) is 5.69 Å². The minimum atomic E-state index is -3.92. The fraction of sp³-hybridized carbons (Fsp3) is 0.296. The largest absolute Gasteiger partial charge is 0.399 e. The normalized spacial score (nSPS) is 15.5. The van der Waals surface area contributed by atoms with E-state index in [9.17, 15) is 13.2 Å². The van der Waals surface area contributed by atoms with Gasteiger partial charge in [-0.1, -0.05) is 36.4 Å². The number of benzene rings is 3. The summed E-state index contributed by atoms with van der Waals surface area (Å²) in [6.07, 6.45) is 6.36. The lowest BCUT2D eigenvalue weighted by atomic mass is 9.98. The maximum absolute atomic E-state index is 13.6. The van der Waals surface area contributed by atoms with Gasteiger partial charge in [0.2, 0.25) is 15.9 Å². The van der Waals surface area contributed by atoms with Gasteiger partial charge >= 0.3 is 0 Å². The van der Waals surface area contributed by atoms with Crippen LogP contribution in [0, 0.1) is 0 Å². The predicted molar refractivity (Wildman–Crippen MR) is 134 cm³/mol. The van der Waals surface area contributed by atoms with Crippen LogP contribution < -0.4 is 15.8 Å². The quantitative estimate of drug-likeness (QED) is 0.453. The van der Waals surface area contributed by atoms with Crippen LogP contribution in [0.4, 0.5) is 11.4 Å². The molecule has 2 aliphatic rings. The van der Waals surface area contributed by atoms with Crippen molar-refractivity contribution in [2.75, 3.05) is 11.1 Å². The van der Waals surface area contributed by atoms with E-state index in [1.54, 1.807) is 0 Å². The Bertz CT molecular complexity index is 1290. The molecule has 1 unspecified atom stereocenters. The van der Waals surface area contributed by atoms with Crippen LogP contribution in [0.25, 0.3) is 0 Å². The Morgan fingerprint density at radius 2 is 1.50 bits per heavy atom. The fourth-order valence-corrected chi connectivity index (χ4v) is 6.31. The lowest BCUT2D eigenvalue weighted by Crippen LogP contribution is -2.45. The van der Waals surface area contributed by atoms with Crippen LogP contribution >= 0.6 is 0 Å². The molecule has 0 aliphatic heterocycles. The lowest BCUT2D eigenvalue weighted by Gasteiger charge is -2.22. The van der Waals surface area contributed by atoms with Gasteiger partial charge in [-0.3, -0.25) is 4.79 Å². The van der Waals surface area contributed by atoms with Crippen LogP contribution in [0.2, 0.25) is 0 Å². The first-order valence-corrected chi connectivity index (χ1v) is 13.3. The minimum absolute atomic E-state index is 0.0778. The van der Waals surface area contributed by atoms with E-state index in [1.165, 1.54) is 46.5 Å². The van der Waals surface area contributed by atoms with Gasteiger partial charge in [-0.15, -0.1) is 0 Å². The van der Waals surface area contributed by atoms with Gasteiger partial charge < -0.3 is 11.1 Å². The molecule has 0 heterocycles. The minimum Gasteiger partial charge on any atom is -0.399 e. The SMILES string of the molecule is Nc1ccc(S(=O)(=O)NC(Cc2ccccc2)C(=O)Nc2c3c(cc4c2CCC4)CCC3)cc1. The van der Waals surface area contributed by atoms with Gasteiger partial charge in [0.15, 0.2) is 0 Å². The summed E-state index contributed by atoms with van der Waals surface area (Å²) in [5.74, 6) is -0.336. The summed E-state index contributed by atoms with van der Waals surface area (Å²) in [6.45, 7) is 0. The van der Waals surface area contributed by atoms with E-state index < -0.39 is 16.1 Å². The molecule has 0 aromatic heterocycles. The molecule has 0 saturated heterocycles. The van der Waals surface area contributed by atoms with Crippen molar-refractivity contribution in [2.24, 2.45) is 0 Å². The van der Waals surface area contributed by atoms with Crippen molar-refractivity contribution in [1.82, 2.24) is 4.72 Å². The topological polar surface area (TPSA) is 101 Å². The average molecular weight is 476 g/mol. The van der Waals surface area contributed by atoms with Gasteiger partial charge in [0.1, 0.15) is 6.04 Å². The van der Waals surface area contributed by atoms with E-state index in [4.69, 9.17) is 5.73 Å². The highest BCUT2D eigenvalue weighted by Crippen LogP contribution is 2.38. The zero-order valence-electron chi connectivity index (χ0n) is 19.0. The fourth-order valence-electron chi connectivity index (χ4n) is 5.12. The van der Waals surface area contributed by atoms with Crippen LogP contribution in [-0.4, -0.2) is 20.4 Å².